The molecular weight excluding hydrogens is 434 g/mol. The molecule has 0 aromatic heterocycles. The van der Waals surface area contributed by atoms with Crippen LogP contribution in [0.3, 0.4) is 0 Å². The highest BCUT2D eigenvalue weighted by atomic mass is 16.2. The summed E-state index contributed by atoms with van der Waals surface area (Å²) >= 11 is 0. The van der Waals surface area contributed by atoms with E-state index in [1.165, 1.54) is 0 Å². The molecule has 0 saturated carbocycles. The maximum absolute atomic E-state index is 12.2. The molecule has 34 heavy (non-hydrogen) atoms. The first kappa shape index (κ1) is 32.2. The fourth-order valence-corrected chi connectivity index (χ4v) is 3.59. The molecule has 0 aromatic carbocycles. The Balaban J connectivity index is 4.68. The van der Waals surface area contributed by atoms with Crippen LogP contribution in [0.25, 0.3) is 0 Å². The van der Waals surface area contributed by atoms with Crippen molar-refractivity contribution < 1.29 is 14.4 Å². The van der Waals surface area contributed by atoms with Gasteiger partial charge in [0.25, 0.3) is 0 Å². The van der Waals surface area contributed by atoms with Crippen LogP contribution < -0.4 is 33.2 Å². The molecule has 0 aliphatic rings. The summed E-state index contributed by atoms with van der Waals surface area (Å²) in [5.74, 6) is 0.509. The van der Waals surface area contributed by atoms with Crippen molar-refractivity contribution in [3.05, 3.63) is 0 Å². The van der Waals surface area contributed by atoms with Gasteiger partial charge in [0, 0.05) is 39.3 Å². The molecular formula is C24H51N7O3. The van der Waals surface area contributed by atoms with E-state index < -0.39 is 18.1 Å². The third-order valence-electron chi connectivity index (χ3n) is 5.37. The molecule has 3 atom stereocenters. The first-order valence-electron chi connectivity index (χ1n) is 12.7. The lowest BCUT2D eigenvalue weighted by molar-refractivity contribution is -0.123. The van der Waals surface area contributed by atoms with E-state index in [9.17, 15) is 14.4 Å². The van der Waals surface area contributed by atoms with E-state index >= 15 is 0 Å². The summed E-state index contributed by atoms with van der Waals surface area (Å²) in [4.78, 5) is 38.7. The number of nitrogens with zero attached hydrogens (tertiary/aromatic N) is 1. The highest BCUT2D eigenvalue weighted by Gasteiger charge is 2.18. The van der Waals surface area contributed by atoms with Gasteiger partial charge in [-0.1, -0.05) is 41.5 Å². The zero-order valence-corrected chi connectivity index (χ0v) is 22.2. The second kappa shape index (κ2) is 17.7. The van der Waals surface area contributed by atoms with Gasteiger partial charge in [-0.3, -0.25) is 19.3 Å². The molecule has 10 heteroatoms. The summed E-state index contributed by atoms with van der Waals surface area (Å²) in [6.45, 7) is 15.1. The van der Waals surface area contributed by atoms with Crippen LogP contribution >= 0.6 is 0 Å². The topological polar surface area (TPSA) is 169 Å². The molecule has 0 bridgehead atoms. The predicted molar refractivity (Wildman–Crippen MR) is 138 cm³/mol. The summed E-state index contributed by atoms with van der Waals surface area (Å²) in [5.41, 5.74) is 17.8. The quantitative estimate of drug-likeness (QED) is 0.156. The number of nitrogens with one attached hydrogen (secondary N) is 3. The van der Waals surface area contributed by atoms with Crippen molar-refractivity contribution >= 4 is 17.7 Å². The standard InChI is InChI=1S/C24H51N7O3/c1-16(2)13-19(25)22(32)28-7-10-31(11-8-29-23(33)20(26)14-17(3)4)12-9-30-24(34)21(27)15-18(5)6/h16-21H,7-15,25-27H2,1-6H3,(H,28,32)(H,29,33)(H,30,34). The minimum Gasteiger partial charge on any atom is -0.353 e. The van der Waals surface area contributed by atoms with Crippen molar-refractivity contribution in [2.24, 2.45) is 35.0 Å². The maximum Gasteiger partial charge on any atom is 0.236 e. The fourth-order valence-electron chi connectivity index (χ4n) is 3.59. The van der Waals surface area contributed by atoms with Gasteiger partial charge >= 0.3 is 0 Å². The first-order valence-corrected chi connectivity index (χ1v) is 12.7. The fraction of sp³-hybridized carbons (Fsp3) is 0.875. The SMILES string of the molecule is CC(C)CC(N)C(=O)NCCN(CCNC(=O)C(N)CC(C)C)CCNC(=O)C(N)CC(C)C. The Bertz CT molecular complexity index is 518. The number of amides is 3. The minimum atomic E-state index is -0.531. The van der Waals surface area contributed by atoms with Gasteiger partial charge in [-0.25, -0.2) is 0 Å². The Kier molecular flexibility index (Phi) is 16.7. The average molecular weight is 486 g/mol. The molecule has 0 rings (SSSR count). The van der Waals surface area contributed by atoms with Crippen LogP contribution in [0.4, 0.5) is 0 Å². The molecule has 0 aromatic rings. The van der Waals surface area contributed by atoms with E-state index in [1.807, 2.05) is 41.5 Å². The smallest absolute Gasteiger partial charge is 0.236 e. The number of rotatable bonds is 18. The van der Waals surface area contributed by atoms with E-state index in [-0.39, 0.29) is 17.7 Å². The van der Waals surface area contributed by atoms with Crippen LogP contribution in [0.1, 0.15) is 60.8 Å². The Morgan fingerprint density at radius 3 is 1.00 bits per heavy atom. The van der Waals surface area contributed by atoms with Crippen molar-refractivity contribution in [1.29, 1.82) is 0 Å². The van der Waals surface area contributed by atoms with Gasteiger partial charge in [-0.15, -0.1) is 0 Å². The lowest BCUT2D eigenvalue weighted by atomic mass is 10.0. The molecule has 200 valence electrons. The van der Waals surface area contributed by atoms with Crippen LogP contribution in [0, 0.1) is 17.8 Å². The molecule has 0 spiro atoms. The first-order chi connectivity index (χ1) is 15.8. The zero-order valence-electron chi connectivity index (χ0n) is 22.2. The molecule has 3 unspecified atom stereocenters. The van der Waals surface area contributed by atoms with Gasteiger partial charge in [0.15, 0.2) is 0 Å². The second-order valence-electron chi connectivity index (χ2n) is 10.4. The number of carbonyl (C=O) groups is 3. The van der Waals surface area contributed by atoms with Crippen molar-refractivity contribution in [3.8, 4) is 0 Å². The number of hydrogen-bond acceptors (Lipinski definition) is 7. The van der Waals surface area contributed by atoms with E-state index in [0.717, 1.165) is 0 Å². The Morgan fingerprint density at radius 2 is 0.794 bits per heavy atom. The third-order valence-corrected chi connectivity index (χ3v) is 5.37. The highest BCUT2D eigenvalue weighted by Crippen LogP contribution is 2.04. The summed E-state index contributed by atoms with van der Waals surface area (Å²) < 4.78 is 0. The Hall–Kier alpha value is -1.75. The number of hydrogen-bond donors (Lipinski definition) is 6. The maximum atomic E-state index is 12.2. The summed E-state index contributed by atoms with van der Waals surface area (Å²) in [7, 11) is 0. The average Bonchev–Trinajstić information content (AvgIpc) is 2.71. The minimum absolute atomic E-state index is 0.172. The van der Waals surface area contributed by atoms with Crippen molar-refractivity contribution in [2.75, 3.05) is 39.3 Å². The van der Waals surface area contributed by atoms with E-state index in [0.29, 0.717) is 76.3 Å². The summed E-state index contributed by atoms with van der Waals surface area (Å²) in [6, 6.07) is -1.59. The van der Waals surface area contributed by atoms with Gasteiger partial charge in [-0.05, 0) is 37.0 Å². The van der Waals surface area contributed by atoms with Gasteiger partial charge in [-0.2, -0.15) is 0 Å². The molecule has 0 saturated heterocycles. The van der Waals surface area contributed by atoms with Gasteiger partial charge < -0.3 is 33.2 Å². The number of nitrogens with two attached hydrogens (primary N) is 3. The monoisotopic (exact) mass is 485 g/mol. The van der Waals surface area contributed by atoms with Gasteiger partial charge in [0.1, 0.15) is 0 Å². The molecule has 0 heterocycles. The van der Waals surface area contributed by atoms with Crippen LogP contribution in [0.5, 0.6) is 0 Å². The normalized spacial score (nSPS) is 14.4. The molecule has 9 N–H and O–H groups in total. The van der Waals surface area contributed by atoms with Crippen molar-refractivity contribution in [2.45, 2.75) is 78.9 Å². The van der Waals surface area contributed by atoms with Gasteiger partial charge in [0.2, 0.25) is 17.7 Å². The second-order valence-corrected chi connectivity index (χ2v) is 10.4. The van der Waals surface area contributed by atoms with E-state index in [1.54, 1.807) is 0 Å². The predicted octanol–water partition coefficient (Wildman–Crippen LogP) is -0.243. The Morgan fingerprint density at radius 1 is 0.559 bits per heavy atom. The van der Waals surface area contributed by atoms with Gasteiger partial charge in [0.05, 0.1) is 18.1 Å². The van der Waals surface area contributed by atoms with Crippen LogP contribution in [-0.2, 0) is 14.4 Å². The van der Waals surface area contributed by atoms with E-state index in [2.05, 4.69) is 20.9 Å². The highest BCUT2D eigenvalue weighted by molar-refractivity contribution is 5.82. The zero-order chi connectivity index (χ0) is 26.3. The van der Waals surface area contributed by atoms with Crippen molar-refractivity contribution in [3.63, 3.8) is 0 Å². The molecule has 0 aliphatic heterocycles. The van der Waals surface area contributed by atoms with Crippen LogP contribution in [0.15, 0.2) is 0 Å². The number of carbonyl (C=O) groups excluding carboxylic acids is 3. The largest absolute Gasteiger partial charge is 0.353 e. The van der Waals surface area contributed by atoms with E-state index in [4.69, 9.17) is 17.2 Å². The lowest BCUT2D eigenvalue weighted by Gasteiger charge is -2.24. The third kappa shape index (κ3) is 16.0. The lowest BCUT2D eigenvalue weighted by Crippen LogP contribution is -2.48. The van der Waals surface area contributed by atoms with Crippen LogP contribution in [0.2, 0.25) is 0 Å². The molecule has 3 amide bonds. The Labute approximate surface area is 206 Å². The molecule has 0 fully saturated rings. The molecule has 0 radical (unpaired) electrons. The molecule has 0 aliphatic carbocycles. The van der Waals surface area contributed by atoms with Crippen molar-refractivity contribution in [1.82, 2.24) is 20.9 Å². The summed E-state index contributed by atoms with van der Waals surface area (Å²) in [6.07, 6.45) is 1.88. The summed E-state index contributed by atoms with van der Waals surface area (Å²) in [5, 5.41) is 8.63. The van der Waals surface area contributed by atoms with Crippen LogP contribution in [-0.4, -0.2) is 80.0 Å². The molecule has 10 nitrogen and oxygen atoms in total.